The molecule has 9 heteroatoms. The first kappa shape index (κ1) is 28.8. The third kappa shape index (κ3) is 5.84. The Hall–Kier alpha value is -2.29. The van der Waals surface area contributed by atoms with E-state index in [0.717, 1.165) is 49.4 Å². The van der Waals surface area contributed by atoms with Crippen LogP contribution in [0.2, 0.25) is 5.02 Å². The number of carbonyl (C=O) groups excluding carboxylic acids is 1. The average Bonchev–Trinajstić information content (AvgIpc) is 3.02. The number of halogens is 1. The van der Waals surface area contributed by atoms with Crippen LogP contribution < -0.4 is 14.4 Å². The van der Waals surface area contributed by atoms with Crippen molar-refractivity contribution in [3.63, 3.8) is 0 Å². The lowest BCUT2D eigenvalue weighted by molar-refractivity contribution is 0.000591. The number of benzene rings is 2. The molecule has 2 aromatic rings. The summed E-state index contributed by atoms with van der Waals surface area (Å²) < 4.78 is 34.7. The molecule has 1 saturated carbocycles. The van der Waals surface area contributed by atoms with E-state index in [9.17, 15) is 18.3 Å². The number of nitrogens with one attached hydrogen (secondary N) is 1. The highest BCUT2D eigenvalue weighted by atomic mass is 35.5. The molecule has 6 rings (SSSR count). The molecule has 1 amide bonds. The molecule has 222 valence electrons. The van der Waals surface area contributed by atoms with Crippen molar-refractivity contribution in [1.82, 2.24) is 4.72 Å². The molecule has 2 heterocycles. The zero-order valence-electron chi connectivity index (χ0n) is 23.9. The van der Waals surface area contributed by atoms with Gasteiger partial charge in [-0.25, -0.2) is 13.1 Å². The van der Waals surface area contributed by atoms with Crippen LogP contribution in [0.15, 0.2) is 36.4 Å². The number of ether oxygens (including phenoxy) is 1. The van der Waals surface area contributed by atoms with E-state index < -0.39 is 22.0 Å². The van der Waals surface area contributed by atoms with E-state index in [1.165, 1.54) is 11.1 Å². The van der Waals surface area contributed by atoms with Gasteiger partial charge in [0.05, 0.1) is 24.2 Å². The number of nitrogens with zero attached hydrogens (tertiary/aromatic N) is 1. The van der Waals surface area contributed by atoms with Gasteiger partial charge in [0, 0.05) is 29.1 Å². The minimum Gasteiger partial charge on any atom is -0.490 e. The first-order chi connectivity index (χ1) is 19.5. The maximum Gasteiger partial charge on any atom is 0.264 e. The van der Waals surface area contributed by atoms with Gasteiger partial charge < -0.3 is 14.7 Å². The Kier molecular flexibility index (Phi) is 7.79. The largest absolute Gasteiger partial charge is 0.490 e. The van der Waals surface area contributed by atoms with E-state index in [4.69, 9.17) is 16.3 Å². The standard InChI is InChI=1S/C32H41ClN2O5S/c1-20-12-21(2)17-41(38,39)34-31(37)23-6-10-30-28(15-23)35(16-24-5-8-26(24)29(36)13-20)18-32(19-40-30)11-3-4-22-14-25(33)7-9-27(22)32/h6-7,9-10,14-15,20-21,24,26,29,36H,3-5,8,11-13,16-19H2,1-2H3,(H,34,37)/t20-,21?,24-,26+,29+,32-/m0/s1. The number of aliphatic hydroxyl groups excluding tert-OH is 1. The second-order valence-electron chi connectivity index (χ2n) is 13.3. The molecular weight excluding hydrogens is 560 g/mol. The number of carbonyl (C=O) groups is 1. The lowest BCUT2D eigenvalue weighted by Gasteiger charge is -2.46. The highest BCUT2D eigenvalue weighted by molar-refractivity contribution is 7.90. The zero-order valence-corrected chi connectivity index (χ0v) is 25.5. The summed E-state index contributed by atoms with van der Waals surface area (Å²) in [6.45, 7) is 5.95. The Morgan fingerprint density at radius 3 is 2.71 bits per heavy atom. The Morgan fingerprint density at radius 1 is 1.10 bits per heavy atom. The summed E-state index contributed by atoms with van der Waals surface area (Å²) in [4.78, 5) is 15.6. The SMILES string of the molecule is CC1C[C@H](C)C[C@@H](O)[C@@H]2CC[C@H]2CN2C[C@@]3(CCCc4cc(Cl)ccc43)COc3ccc(cc32)C(=O)NS(=O)(=O)C1. The summed E-state index contributed by atoms with van der Waals surface area (Å²) in [6.07, 6.45) is 5.96. The molecule has 0 saturated heterocycles. The topological polar surface area (TPSA) is 95.9 Å². The minimum atomic E-state index is -3.82. The number of rotatable bonds is 0. The summed E-state index contributed by atoms with van der Waals surface area (Å²) in [7, 11) is -3.82. The number of anilines is 1. The molecule has 2 aliphatic heterocycles. The molecule has 1 spiro atoms. The maximum atomic E-state index is 13.2. The van der Waals surface area contributed by atoms with Gasteiger partial charge in [-0.15, -0.1) is 0 Å². The van der Waals surface area contributed by atoms with Gasteiger partial charge in [-0.1, -0.05) is 31.5 Å². The Bertz CT molecular complexity index is 1430. The van der Waals surface area contributed by atoms with Crippen LogP contribution in [0.25, 0.3) is 0 Å². The van der Waals surface area contributed by atoms with E-state index in [-0.39, 0.29) is 28.9 Å². The number of aliphatic hydroxyl groups is 1. The van der Waals surface area contributed by atoms with Crippen molar-refractivity contribution >= 4 is 33.2 Å². The highest BCUT2D eigenvalue weighted by Crippen LogP contribution is 2.47. The van der Waals surface area contributed by atoms with Crippen LogP contribution in [-0.2, 0) is 21.9 Å². The van der Waals surface area contributed by atoms with Crippen LogP contribution in [0.4, 0.5) is 5.69 Å². The van der Waals surface area contributed by atoms with Crippen LogP contribution in [-0.4, -0.2) is 51.0 Å². The lowest BCUT2D eigenvalue weighted by Crippen LogP contribution is -2.49. The van der Waals surface area contributed by atoms with Gasteiger partial charge in [0.2, 0.25) is 10.0 Å². The van der Waals surface area contributed by atoms with Crippen molar-refractivity contribution < 1.29 is 23.1 Å². The first-order valence-electron chi connectivity index (χ1n) is 15.1. The van der Waals surface area contributed by atoms with Crippen LogP contribution >= 0.6 is 11.6 Å². The summed E-state index contributed by atoms with van der Waals surface area (Å²) >= 11 is 6.38. The zero-order chi connectivity index (χ0) is 28.9. The Labute approximate surface area is 248 Å². The van der Waals surface area contributed by atoms with Crippen LogP contribution in [0.1, 0.15) is 73.9 Å². The Morgan fingerprint density at radius 2 is 1.93 bits per heavy atom. The summed E-state index contributed by atoms with van der Waals surface area (Å²) in [6, 6.07) is 11.4. The maximum absolute atomic E-state index is 13.2. The molecular formula is C32H41ClN2O5S. The normalized spacial score (nSPS) is 33.4. The van der Waals surface area contributed by atoms with Crippen molar-refractivity contribution in [3.8, 4) is 5.75 Å². The van der Waals surface area contributed by atoms with Gasteiger partial charge in [-0.05, 0) is 110 Å². The quantitative estimate of drug-likeness (QED) is 0.425. The van der Waals surface area contributed by atoms with Crippen molar-refractivity contribution in [2.45, 2.75) is 70.3 Å². The molecule has 2 aliphatic carbocycles. The summed E-state index contributed by atoms with van der Waals surface area (Å²) in [5.74, 6) is 0.536. The number of amides is 1. The van der Waals surface area contributed by atoms with E-state index in [2.05, 4.69) is 28.7 Å². The third-order valence-corrected chi connectivity index (χ3v) is 11.7. The molecule has 2 N–H and O–H groups in total. The van der Waals surface area contributed by atoms with Gasteiger partial charge in [0.25, 0.3) is 5.91 Å². The fraction of sp³-hybridized carbons (Fsp3) is 0.594. The van der Waals surface area contributed by atoms with E-state index >= 15 is 0 Å². The average molecular weight is 601 g/mol. The molecule has 2 bridgehead atoms. The minimum absolute atomic E-state index is 0.128. The molecule has 6 atom stereocenters. The molecule has 1 unspecified atom stereocenters. The van der Waals surface area contributed by atoms with E-state index in [1.54, 1.807) is 18.2 Å². The van der Waals surface area contributed by atoms with Gasteiger partial charge in [0.15, 0.2) is 0 Å². The van der Waals surface area contributed by atoms with Crippen molar-refractivity contribution in [1.29, 1.82) is 0 Å². The second-order valence-corrected chi connectivity index (χ2v) is 15.5. The van der Waals surface area contributed by atoms with Crippen LogP contribution in [0.5, 0.6) is 5.75 Å². The smallest absolute Gasteiger partial charge is 0.264 e. The van der Waals surface area contributed by atoms with Crippen LogP contribution in [0, 0.1) is 23.7 Å². The number of fused-ring (bicyclic) bond motifs is 4. The van der Waals surface area contributed by atoms with Crippen molar-refractivity contribution in [2.75, 3.05) is 30.3 Å². The fourth-order valence-electron chi connectivity index (χ4n) is 7.92. The predicted octanol–water partition coefficient (Wildman–Crippen LogP) is 5.33. The second kappa shape index (κ2) is 11.1. The summed E-state index contributed by atoms with van der Waals surface area (Å²) in [5.41, 5.74) is 3.39. The molecule has 4 aliphatic rings. The fourth-order valence-corrected chi connectivity index (χ4v) is 9.48. The molecule has 1 fully saturated rings. The van der Waals surface area contributed by atoms with E-state index in [0.29, 0.717) is 43.2 Å². The molecule has 2 aromatic carbocycles. The number of sulfonamides is 1. The molecule has 0 aromatic heterocycles. The first-order valence-corrected chi connectivity index (χ1v) is 17.1. The molecule has 41 heavy (non-hydrogen) atoms. The van der Waals surface area contributed by atoms with E-state index in [1.807, 2.05) is 13.0 Å². The Balaban J connectivity index is 1.41. The highest BCUT2D eigenvalue weighted by Gasteiger charge is 2.44. The monoisotopic (exact) mass is 600 g/mol. The number of hydrogen-bond donors (Lipinski definition) is 2. The lowest BCUT2D eigenvalue weighted by atomic mass is 9.67. The predicted molar refractivity (Wildman–Crippen MR) is 161 cm³/mol. The third-order valence-electron chi connectivity index (χ3n) is 9.93. The summed E-state index contributed by atoms with van der Waals surface area (Å²) in [5, 5.41) is 12.0. The van der Waals surface area contributed by atoms with Gasteiger partial charge >= 0.3 is 0 Å². The van der Waals surface area contributed by atoms with Gasteiger partial charge in [-0.2, -0.15) is 0 Å². The van der Waals surface area contributed by atoms with Gasteiger partial charge in [0.1, 0.15) is 5.75 Å². The van der Waals surface area contributed by atoms with Crippen LogP contribution in [0.3, 0.4) is 0 Å². The molecule has 7 nitrogen and oxygen atoms in total. The van der Waals surface area contributed by atoms with Gasteiger partial charge in [-0.3, -0.25) is 4.79 Å². The molecule has 0 radical (unpaired) electrons. The van der Waals surface area contributed by atoms with Crippen molar-refractivity contribution in [3.05, 3.63) is 58.1 Å². The number of aryl methyl sites for hydroxylation is 1. The number of hydrogen-bond acceptors (Lipinski definition) is 6. The van der Waals surface area contributed by atoms with Crippen molar-refractivity contribution in [2.24, 2.45) is 23.7 Å².